The molecule has 1 aliphatic heterocycles. The molecule has 3 amide bonds. The van der Waals surface area contributed by atoms with Crippen molar-refractivity contribution in [2.24, 2.45) is 5.73 Å². The molecule has 2 aromatic carbocycles. The zero-order valence-electron chi connectivity index (χ0n) is 19.9. The first kappa shape index (κ1) is 26.8. The Morgan fingerprint density at radius 2 is 1.50 bits per heavy atom. The van der Waals surface area contributed by atoms with Gasteiger partial charge in [0.25, 0.3) is 0 Å². The number of rotatable bonds is 11. The Bertz CT molecular complexity index is 1050. The van der Waals surface area contributed by atoms with Gasteiger partial charge in [0.15, 0.2) is 0 Å². The van der Waals surface area contributed by atoms with E-state index in [0.717, 1.165) is 11.1 Å². The van der Waals surface area contributed by atoms with Gasteiger partial charge in [0, 0.05) is 13.0 Å². The first-order valence-electron chi connectivity index (χ1n) is 11.9. The average molecular weight is 497 g/mol. The molecule has 0 aliphatic carbocycles. The highest BCUT2D eigenvalue weighted by Gasteiger charge is 2.39. The van der Waals surface area contributed by atoms with E-state index >= 15 is 0 Å². The quantitative estimate of drug-likeness (QED) is 0.289. The van der Waals surface area contributed by atoms with Gasteiger partial charge in [-0.2, -0.15) is 0 Å². The van der Waals surface area contributed by atoms with Crippen LogP contribution in [0.15, 0.2) is 60.7 Å². The van der Waals surface area contributed by atoms with Crippen molar-refractivity contribution < 1.29 is 29.4 Å². The van der Waals surface area contributed by atoms with Crippen LogP contribution >= 0.6 is 0 Å². The van der Waals surface area contributed by atoms with E-state index in [4.69, 9.17) is 5.73 Å². The van der Waals surface area contributed by atoms with E-state index in [1.54, 1.807) is 24.3 Å². The van der Waals surface area contributed by atoms with Crippen LogP contribution in [0.4, 0.5) is 0 Å². The molecule has 0 radical (unpaired) electrons. The van der Waals surface area contributed by atoms with Gasteiger partial charge in [-0.25, -0.2) is 4.79 Å². The summed E-state index contributed by atoms with van der Waals surface area (Å²) in [5.74, 6) is -2.99. The molecule has 1 heterocycles. The SMILES string of the molecule is N[C@@H](Cc1ccccc1)C(=O)N[C@@H](CO)C(=O)N1CCC[C@H]1C(=O)N[C@H](Cc1ccccc1)C(=O)O. The number of hydrogen-bond acceptors (Lipinski definition) is 6. The first-order chi connectivity index (χ1) is 17.3. The van der Waals surface area contributed by atoms with Gasteiger partial charge in [0.05, 0.1) is 12.6 Å². The number of aliphatic hydroxyl groups excluding tert-OH is 1. The number of nitrogens with one attached hydrogen (secondary N) is 2. The molecule has 0 unspecified atom stereocenters. The summed E-state index contributed by atoms with van der Waals surface area (Å²) in [7, 11) is 0. The predicted octanol–water partition coefficient (Wildman–Crippen LogP) is -0.163. The van der Waals surface area contributed by atoms with Crippen molar-refractivity contribution >= 4 is 23.7 Å². The molecule has 1 aliphatic rings. The summed E-state index contributed by atoms with van der Waals surface area (Å²) in [6.45, 7) is -0.422. The highest BCUT2D eigenvalue weighted by Crippen LogP contribution is 2.19. The normalized spacial score (nSPS) is 17.6. The third-order valence-electron chi connectivity index (χ3n) is 6.17. The minimum Gasteiger partial charge on any atom is -0.480 e. The van der Waals surface area contributed by atoms with Gasteiger partial charge in [-0.15, -0.1) is 0 Å². The van der Waals surface area contributed by atoms with Crippen LogP contribution in [0.25, 0.3) is 0 Å². The number of nitrogens with two attached hydrogens (primary N) is 1. The zero-order chi connectivity index (χ0) is 26.1. The maximum absolute atomic E-state index is 13.1. The smallest absolute Gasteiger partial charge is 0.326 e. The van der Waals surface area contributed by atoms with Crippen molar-refractivity contribution in [3.8, 4) is 0 Å². The van der Waals surface area contributed by atoms with Crippen LogP contribution in [0.3, 0.4) is 0 Å². The molecular formula is C26H32N4O6. The third kappa shape index (κ3) is 7.12. The van der Waals surface area contributed by atoms with Gasteiger partial charge in [0.2, 0.25) is 17.7 Å². The Hall–Kier alpha value is -3.76. The second-order valence-corrected chi connectivity index (χ2v) is 8.82. The van der Waals surface area contributed by atoms with Gasteiger partial charge < -0.3 is 31.5 Å². The molecule has 6 N–H and O–H groups in total. The number of carbonyl (C=O) groups excluding carboxylic acids is 3. The highest BCUT2D eigenvalue weighted by molar-refractivity contribution is 5.94. The molecule has 192 valence electrons. The van der Waals surface area contributed by atoms with E-state index in [9.17, 15) is 29.4 Å². The molecule has 3 rings (SSSR count). The van der Waals surface area contributed by atoms with Crippen LogP contribution in [-0.2, 0) is 32.0 Å². The molecule has 1 fully saturated rings. The summed E-state index contributed by atoms with van der Waals surface area (Å²) in [6, 6.07) is 13.8. The molecule has 2 aromatic rings. The van der Waals surface area contributed by atoms with Crippen LogP contribution in [0.2, 0.25) is 0 Å². The summed E-state index contributed by atoms with van der Waals surface area (Å²) in [5.41, 5.74) is 7.59. The Morgan fingerprint density at radius 1 is 0.917 bits per heavy atom. The van der Waals surface area contributed by atoms with Crippen molar-refractivity contribution in [1.29, 1.82) is 0 Å². The second-order valence-electron chi connectivity index (χ2n) is 8.82. The summed E-state index contributed by atoms with van der Waals surface area (Å²) < 4.78 is 0. The molecule has 0 spiro atoms. The van der Waals surface area contributed by atoms with Crippen molar-refractivity contribution in [2.45, 2.75) is 49.9 Å². The number of hydrogen-bond donors (Lipinski definition) is 5. The van der Waals surface area contributed by atoms with E-state index in [-0.39, 0.29) is 19.4 Å². The number of likely N-dealkylation sites (tertiary alicyclic amines) is 1. The van der Waals surface area contributed by atoms with Crippen molar-refractivity contribution in [1.82, 2.24) is 15.5 Å². The topological polar surface area (TPSA) is 162 Å². The minimum atomic E-state index is -1.27. The number of amides is 3. The van der Waals surface area contributed by atoms with Gasteiger partial charge >= 0.3 is 5.97 Å². The molecular weight excluding hydrogens is 464 g/mol. The number of aliphatic hydroxyl groups is 1. The Labute approximate surface area is 209 Å². The predicted molar refractivity (Wildman–Crippen MR) is 132 cm³/mol. The van der Waals surface area contributed by atoms with Gasteiger partial charge in [-0.05, 0) is 30.4 Å². The fourth-order valence-corrected chi connectivity index (χ4v) is 4.25. The van der Waals surface area contributed by atoms with E-state index in [1.807, 2.05) is 36.4 Å². The highest BCUT2D eigenvalue weighted by atomic mass is 16.4. The first-order valence-corrected chi connectivity index (χ1v) is 11.9. The summed E-state index contributed by atoms with van der Waals surface area (Å²) in [4.78, 5) is 51.7. The maximum atomic E-state index is 13.1. The van der Waals surface area contributed by atoms with E-state index < -0.39 is 54.5 Å². The molecule has 0 aromatic heterocycles. The monoisotopic (exact) mass is 496 g/mol. The van der Waals surface area contributed by atoms with E-state index in [0.29, 0.717) is 12.8 Å². The number of aliphatic carboxylic acids is 1. The molecule has 0 saturated carbocycles. The lowest BCUT2D eigenvalue weighted by molar-refractivity contribution is -0.145. The average Bonchev–Trinajstić information content (AvgIpc) is 3.37. The van der Waals surface area contributed by atoms with Crippen LogP contribution in [-0.4, -0.2) is 76.1 Å². The van der Waals surface area contributed by atoms with Crippen molar-refractivity contribution in [3.05, 3.63) is 71.8 Å². The minimum absolute atomic E-state index is 0.0944. The maximum Gasteiger partial charge on any atom is 0.326 e. The fraction of sp³-hybridized carbons (Fsp3) is 0.385. The Kier molecular flexibility index (Phi) is 9.54. The number of carboxylic acids is 1. The second kappa shape index (κ2) is 12.8. The molecule has 36 heavy (non-hydrogen) atoms. The number of nitrogens with zero attached hydrogens (tertiary/aromatic N) is 1. The summed E-state index contributed by atoms with van der Waals surface area (Å²) in [5, 5.41) is 24.4. The molecule has 10 heteroatoms. The van der Waals surface area contributed by atoms with Crippen LogP contribution < -0.4 is 16.4 Å². The molecule has 4 atom stereocenters. The largest absolute Gasteiger partial charge is 0.480 e. The summed E-state index contributed by atoms with van der Waals surface area (Å²) >= 11 is 0. The van der Waals surface area contributed by atoms with E-state index in [2.05, 4.69) is 10.6 Å². The molecule has 10 nitrogen and oxygen atoms in total. The lowest BCUT2D eigenvalue weighted by atomic mass is 10.0. The molecule has 1 saturated heterocycles. The fourth-order valence-electron chi connectivity index (χ4n) is 4.25. The number of benzene rings is 2. The lowest BCUT2D eigenvalue weighted by Crippen LogP contribution is -2.58. The van der Waals surface area contributed by atoms with Gasteiger partial charge in [-0.3, -0.25) is 14.4 Å². The van der Waals surface area contributed by atoms with Gasteiger partial charge in [0.1, 0.15) is 18.1 Å². The lowest BCUT2D eigenvalue weighted by Gasteiger charge is -2.29. The van der Waals surface area contributed by atoms with Crippen LogP contribution in [0.5, 0.6) is 0 Å². The number of carbonyl (C=O) groups is 4. The standard InChI is InChI=1S/C26H32N4O6/c27-19(14-17-8-3-1-4-9-17)23(32)29-21(16-31)25(34)30-13-7-12-22(30)24(33)28-20(26(35)36)15-18-10-5-2-6-11-18/h1-6,8-11,19-22,31H,7,12-16,27H2,(H,28,33)(H,29,32)(H,35,36)/t19-,20+,21-,22-/m0/s1. The van der Waals surface area contributed by atoms with Crippen LogP contribution in [0, 0.1) is 0 Å². The Balaban J connectivity index is 1.61. The summed E-state index contributed by atoms with van der Waals surface area (Å²) in [6.07, 6.45) is 1.22. The van der Waals surface area contributed by atoms with Crippen molar-refractivity contribution in [2.75, 3.05) is 13.2 Å². The molecule has 0 bridgehead atoms. The number of carboxylic acid groups (broad SMARTS) is 1. The van der Waals surface area contributed by atoms with E-state index in [1.165, 1.54) is 4.90 Å². The Morgan fingerprint density at radius 3 is 2.06 bits per heavy atom. The van der Waals surface area contributed by atoms with Crippen LogP contribution in [0.1, 0.15) is 24.0 Å². The van der Waals surface area contributed by atoms with Gasteiger partial charge in [-0.1, -0.05) is 60.7 Å². The van der Waals surface area contributed by atoms with Crippen molar-refractivity contribution in [3.63, 3.8) is 0 Å². The zero-order valence-corrected chi connectivity index (χ0v) is 19.9. The third-order valence-corrected chi connectivity index (χ3v) is 6.17.